The summed E-state index contributed by atoms with van der Waals surface area (Å²) < 4.78 is 29.7. The van der Waals surface area contributed by atoms with Gasteiger partial charge in [0.15, 0.2) is 5.69 Å². The second-order valence-corrected chi connectivity index (χ2v) is 5.51. The van der Waals surface area contributed by atoms with Crippen molar-refractivity contribution in [3.05, 3.63) is 34.7 Å². The van der Waals surface area contributed by atoms with E-state index in [-0.39, 0.29) is 5.69 Å². The van der Waals surface area contributed by atoms with E-state index in [4.69, 9.17) is 4.42 Å². The lowest BCUT2D eigenvalue weighted by Crippen LogP contribution is -2.18. The molecule has 2 aromatic rings. The zero-order valence-corrected chi connectivity index (χ0v) is 10.7. The summed E-state index contributed by atoms with van der Waals surface area (Å²) in [7, 11) is -1.95. The van der Waals surface area contributed by atoms with Gasteiger partial charge in [-0.2, -0.15) is 0 Å². The van der Waals surface area contributed by atoms with Crippen LogP contribution in [0.5, 0.6) is 0 Å². The molecule has 0 saturated carbocycles. The summed E-state index contributed by atoms with van der Waals surface area (Å²) in [6, 6.07) is 6.88. The Kier molecular flexibility index (Phi) is 3.00. The van der Waals surface area contributed by atoms with Crippen molar-refractivity contribution >= 4 is 32.4 Å². The van der Waals surface area contributed by atoms with Crippen LogP contribution in [0, 0.1) is 0 Å². The van der Waals surface area contributed by atoms with Gasteiger partial charge in [0.1, 0.15) is 5.58 Å². The minimum atomic E-state index is -3.55. The largest absolute Gasteiger partial charge is 0.421 e. The number of nitrogens with one attached hydrogen (secondary N) is 2. The highest BCUT2D eigenvalue weighted by atomic mass is 32.2. The Bertz CT molecular complexity index is 749. The highest BCUT2D eigenvalue weighted by Gasteiger charge is 2.16. The maximum absolute atomic E-state index is 11.8. The van der Waals surface area contributed by atoms with Gasteiger partial charge in [-0.05, 0) is 12.1 Å². The van der Waals surface area contributed by atoms with Gasteiger partial charge in [-0.15, -0.1) is 0 Å². The molecule has 0 aliphatic rings. The molecule has 1 aromatic carbocycles. The van der Waals surface area contributed by atoms with Gasteiger partial charge in [0.05, 0.1) is 11.9 Å². The number of hydrogen-bond acceptors (Lipinski definition) is 5. The van der Waals surface area contributed by atoms with Gasteiger partial charge in [-0.3, -0.25) is 4.72 Å². The Balaban J connectivity index is 2.80. The van der Waals surface area contributed by atoms with E-state index in [9.17, 15) is 13.2 Å². The van der Waals surface area contributed by atoms with Crippen LogP contribution in [0.4, 0.5) is 11.4 Å². The fourth-order valence-electron chi connectivity index (χ4n) is 1.69. The average Bonchev–Trinajstić information content (AvgIpc) is 2.28. The Morgan fingerprint density at radius 2 is 1.83 bits per heavy atom. The highest BCUT2D eigenvalue weighted by Crippen LogP contribution is 2.28. The molecule has 0 amide bonds. The SMILES string of the molecule is CNc1c(NS(C)(=O)=O)c(=O)oc2ccccc12. The standard InChI is InChI=1S/C11H12N2O4S/c1-12-9-7-5-3-4-6-8(7)17-11(14)10(9)13-18(2,15)16/h3-6,12-13H,1-2H3. The van der Waals surface area contributed by atoms with Crippen LogP contribution < -0.4 is 15.7 Å². The van der Waals surface area contributed by atoms with Gasteiger partial charge in [0.25, 0.3) is 0 Å². The van der Waals surface area contributed by atoms with Crippen LogP contribution in [-0.2, 0) is 10.0 Å². The fourth-order valence-corrected chi connectivity index (χ4v) is 2.24. The minimum absolute atomic E-state index is 0.112. The lowest BCUT2D eigenvalue weighted by molar-refractivity contribution is 0.563. The minimum Gasteiger partial charge on any atom is -0.421 e. The Hall–Kier alpha value is -2.02. The van der Waals surface area contributed by atoms with Gasteiger partial charge in [-0.1, -0.05) is 12.1 Å². The molecule has 1 aromatic heterocycles. The van der Waals surface area contributed by atoms with E-state index in [1.165, 1.54) is 0 Å². The normalized spacial score (nSPS) is 11.4. The van der Waals surface area contributed by atoms with Gasteiger partial charge in [0.2, 0.25) is 10.0 Å². The van der Waals surface area contributed by atoms with Gasteiger partial charge in [0, 0.05) is 12.4 Å². The van der Waals surface area contributed by atoms with Crippen LogP contribution in [0.1, 0.15) is 0 Å². The molecule has 0 bridgehead atoms. The number of rotatable bonds is 3. The monoisotopic (exact) mass is 268 g/mol. The molecule has 18 heavy (non-hydrogen) atoms. The highest BCUT2D eigenvalue weighted by molar-refractivity contribution is 7.92. The summed E-state index contributed by atoms with van der Waals surface area (Å²) in [4.78, 5) is 11.8. The van der Waals surface area contributed by atoms with Crippen LogP contribution in [0.2, 0.25) is 0 Å². The van der Waals surface area contributed by atoms with Gasteiger partial charge >= 0.3 is 5.63 Å². The summed E-state index contributed by atoms with van der Waals surface area (Å²) in [5, 5.41) is 3.45. The maximum Gasteiger partial charge on any atom is 0.363 e. The van der Waals surface area contributed by atoms with E-state index >= 15 is 0 Å². The Morgan fingerprint density at radius 3 is 2.44 bits per heavy atom. The molecule has 0 aliphatic carbocycles. The first-order valence-electron chi connectivity index (χ1n) is 5.14. The van der Waals surface area contributed by atoms with Crippen LogP contribution in [-0.4, -0.2) is 21.7 Å². The van der Waals surface area contributed by atoms with Crippen molar-refractivity contribution in [3.63, 3.8) is 0 Å². The van der Waals surface area contributed by atoms with Crippen LogP contribution >= 0.6 is 0 Å². The lowest BCUT2D eigenvalue weighted by Gasteiger charge is -2.11. The molecule has 0 spiro atoms. The summed E-state index contributed by atoms with van der Waals surface area (Å²) >= 11 is 0. The summed E-state index contributed by atoms with van der Waals surface area (Å²) in [5.74, 6) is 0. The zero-order chi connectivity index (χ0) is 13.3. The summed E-state index contributed by atoms with van der Waals surface area (Å²) in [6.07, 6.45) is 0.973. The summed E-state index contributed by atoms with van der Waals surface area (Å²) in [6.45, 7) is 0. The van der Waals surface area contributed by atoms with E-state index in [0.717, 1.165) is 6.26 Å². The van der Waals surface area contributed by atoms with E-state index in [1.54, 1.807) is 31.3 Å². The fraction of sp³-hybridized carbons (Fsp3) is 0.182. The molecule has 1 heterocycles. The molecule has 0 atom stereocenters. The molecule has 2 N–H and O–H groups in total. The van der Waals surface area contributed by atoms with Crippen LogP contribution in [0.15, 0.2) is 33.5 Å². The number of hydrogen-bond donors (Lipinski definition) is 2. The first-order chi connectivity index (χ1) is 8.42. The third kappa shape index (κ3) is 2.30. The third-order valence-electron chi connectivity index (χ3n) is 2.35. The smallest absolute Gasteiger partial charge is 0.363 e. The molecule has 2 rings (SSSR count). The van der Waals surface area contributed by atoms with Gasteiger partial charge < -0.3 is 9.73 Å². The number of anilines is 2. The van der Waals surface area contributed by atoms with Crippen molar-refractivity contribution in [3.8, 4) is 0 Å². The summed E-state index contributed by atoms with van der Waals surface area (Å²) in [5.41, 5.74) is -0.0552. The number of para-hydroxylation sites is 1. The molecule has 0 unspecified atom stereocenters. The molecule has 0 fully saturated rings. The molecule has 6 nitrogen and oxygen atoms in total. The van der Waals surface area contributed by atoms with Crippen molar-refractivity contribution in [2.24, 2.45) is 0 Å². The second kappa shape index (κ2) is 4.34. The van der Waals surface area contributed by atoms with Crippen molar-refractivity contribution in [2.45, 2.75) is 0 Å². The van der Waals surface area contributed by atoms with Crippen LogP contribution in [0.3, 0.4) is 0 Å². The Labute approximate surface area is 104 Å². The maximum atomic E-state index is 11.8. The number of fused-ring (bicyclic) bond motifs is 1. The predicted molar refractivity (Wildman–Crippen MR) is 70.5 cm³/mol. The molecule has 0 aliphatic heterocycles. The quantitative estimate of drug-likeness (QED) is 0.817. The molecular formula is C11H12N2O4S. The first kappa shape index (κ1) is 12.4. The lowest BCUT2D eigenvalue weighted by atomic mass is 10.2. The van der Waals surface area contributed by atoms with E-state index in [0.29, 0.717) is 16.7 Å². The zero-order valence-electron chi connectivity index (χ0n) is 9.85. The molecule has 96 valence electrons. The molecular weight excluding hydrogens is 256 g/mol. The van der Waals surface area contributed by atoms with Crippen molar-refractivity contribution in [1.29, 1.82) is 0 Å². The average molecular weight is 268 g/mol. The van der Waals surface area contributed by atoms with E-state index < -0.39 is 15.6 Å². The van der Waals surface area contributed by atoms with E-state index in [2.05, 4.69) is 10.0 Å². The second-order valence-electron chi connectivity index (χ2n) is 3.76. The third-order valence-corrected chi connectivity index (χ3v) is 2.93. The Morgan fingerprint density at radius 1 is 1.17 bits per heavy atom. The van der Waals surface area contributed by atoms with Gasteiger partial charge in [-0.25, -0.2) is 13.2 Å². The number of benzene rings is 1. The van der Waals surface area contributed by atoms with Crippen molar-refractivity contribution in [1.82, 2.24) is 0 Å². The molecule has 0 radical (unpaired) electrons. The number of sulfonamides is 1. The van der Waals surface area contributed by atoms with Crippen molar-refractivity contribution < 1.29 is 12.8 Å². The van der Waals surface area contributed by atoms with E-state index in [1.807, 2.05) is 0 Å². The van der Waals surface area contributed by atoms with Crippen LogP contribution in [0.25, 0.3) is 11.0 Å². The first-order valence-corrected chi connectivity index (χ1v) is 7.03. The predicted octanol–water partition coefficient (Wildman–Crippen LogP) is 1.21. The topological polar surface area (TPSA) is 88.4 Å². The molecule has 0 saturated heterocycles. The van der Waals surface area contributed by atoms with Crippen molar-refractivity contribution in [2.75, 3.05) is 23.3 Å². The molecule has 7 heteroatoms.